The highest BCUT2D eigenvalue weighted by Gasteiger charge is 2.20. The molecule has 2 aromatic rings. The van der Waals surface area contributed by atoms with E-state index < -0.39 is 0 Å². The Morgan fingerprint density at radius 3 is 2.80 bits per heavy atom. The molecule has 25 heavy (non-hydrogen) atoms. The maximum Gasteiger partial charge on any atom is 0.255 e. The number of rotatable bonds is 5. The first-order valence-corrected chi connectivity index (χ1v) is 8.51. The van der Waals surface area contributed by atoms with Gasteiger partial charge in [-0.2, -0.15) is 0 Å². The van der Waals surface area contributed by atoms with Crippen molar-refractivity contribution in [1.82, 2.24) is 15.6 Å². The maximum absolute atomic E-state index is 12.2. The van der Waals surface area contributed by atoms with E-state index in [0.29, 0.717) is 17.8 Å². The van der Waals surface area contributed by atoms with E-state index in [1.165, 1.54) is 0 Å². The summed E-state index contributed by atoms with van der Waals surface area (Å²) in [5.41, 5.74) is 2.20. The van der Waals surface area contributed by atoms with Gasteiger partial charge in [-0.25, -0.2) is 0 Å². The van der Waals surface area contributed by atoms with Crippen molar-refractivity contribution in [2.75, 3.05) is 18.4 Å². The summed E-state index contributed by atoms with van der Waals surface area (Å²) < 4.78 is 0. The van der Waals surface area contributed by atoms with Crippen molar-refractivity contribution in [2.24, 2.45) is 5.92 Å². The molecule has 130 valence electrons. The molecule has 1 saturated heterocycles. The van der Waals surface area contributed by atoms with Crippen molar-refractivity contribution in [2.45, 2.75) is 19.4 Å². The molecule has 1 aliphatic rings. The van der Waals surface area contributed by atoms with E-state index in [1.807, 2.05) is 24.3 Å². The summed E-state index contributed by atoms with van der Waals surface area (Å²) in [5, 5.41) is 9.09. The number of nitrogens with zero attached hydrogens (tertiary/aromatic N) is 1. The smallest absolute Gasteiger partial charge is 0.255 e. The summed E-state index contributed by atoms with van der Waals surface area (Å²) in [4.78, 5) is 28.3. The van der Waals surface area contributed by atoms with Gasteiger partial charge in [0.15, 0.2) is 0 Å². The van der Waals surface area contributed by atoms with E-state index in [2.05, 4.69) is 20.9 Å². The standard InChI is InChI=1S/C19H22N4O2/c24-18(16-4-2-8-21-13-16)22-12-14-3-1-5-17(11-14)23-19(25)15-6-9-20-10-7-15/h1,3,5-7,9-11,16,21H,2,4,8,12-13H2,(H,22,24)(H,23,25). The molecule has 0 bridgehead atoms. The molecule has 1 fully saturated rings. The van der Waals surface area contributed by atoms with E-state index in [-0.39, 0.29) is 17.7 Å². The lowest BCUT2D eigenvalue weighted by atomic mass is 9.99. The fraction of sp³-hybridized carbons (Fsp3) is 0.316. The molecule has 1 unspecified atom stereocenters. The number of benzene rings is 1. The predicted octanol–water partition coefficient (Wildman–Crippen LogP) is 1.95. The Morgan fingerprint density at radius 2 is 2.04 bits per heavy atom. The number of hydrogen-bond acceptors (Lipinski definition) is 4. The molecule has 3 N–H and O–H groups in total. The number of anilines is 1. The highest BCUT2D eigenvalue weighted by Crippen LogP contribution is 2.13. The number of aromatic nitrogens is 1. The van der Waals surface area contributed by atoms with Crippen LogP contribution in [0.2, 0.25) is 0 Å². The van der Waals surface area contributed by atoms with E-state index >= 15 is 0 Å². The normalized spacial score (nSPS) is 16.9. The molecule has 0 aliphatic carbocycles. The Kier molecular flexibility index (Phi) is 5.74. The van der Waals surface area contributed by atoms with Crippen LogP contribution in [0.15, 0.2) is 48.8 Å². The largest absolute Gasteiger partial charge is 0.352 e. The molecule has 1 atom stereocenters. The number of amides is 2. The molecule has 3 rings (SSSR count). The summed E-state index contributed by atoms with van der Waals surface area (Å²) in [7, 11) is 0. The maximum atomic E-state index is 12.2. The van der Waals surface area contributed by atoms with Crippen molar-refractivity contribution >= 4 is 17.5 Å². The molecule has 6 heteroatoms. The van der Waals surface area contributed by atoms with Gasteiger partial charge in [0.2, 0.25) is 5.91 Å². The third-order valence-corrected chi connectivity index (χ3v) is 4.26. The topological polar surface area (TPSA) is 83.1 Å². The third-order valence-electron chi connectivity index (χ3n) is 4.26. The van der Waals surface area contributed by atoms with Gasteiger partial charge in [0.1, 0.15) is 0 Å². The molecule has 2 heterocycles. The molecular weight excluding hydrogens is 316 g/mol. The van der Waals surface area contributed by atoms with Crippen LogP contribution in [0.4, 0.5) is 5.69 Å². The summed E-state index contributed by atoms with van der Waals surface area (Å²) in [6.07, 6.45) is 5.14. The van der Waals surface area contributed by atoms with Gasteiger partial charge in [-0.05, 0) is 49.2 Å². The van der Waals surface area contributed by atoms with Crippen LogP contribution in [-0.2, 0) is 11.3 Å². The van der Waals surface area contributed by atoms with E-state index in [0.717, 1.165) is 31.5 Å². The molecule has 1 aliphatic heterocycles. The first kappa shape index (κ1) is 17.1. The lowest BCUT2D eigenvalue weighted by Gasteiger charge is -2.21. The predicted molar refractivity (Wildman–Crippen MR) is 96.1 cm³/mol. The van der Waals surface area contributed by atoms with Gasteiger partial charge < -0.3 is 16.0 Å². The lowest BCUT2D eigenvalue weighted by molar-refractivity contribution is -0.125. The molecule has 0 saturated carbocycles. The average Bonchev–Trinajstić information content (AvgIpc) is 2.68. The van der Waals surface area contributed by atoms with Crippen molar-refractivity contribution in [3.63, 3.8) is 0 Å². The Balaban J connectivity index is 1.56. The summed E-state index contributed by atoms with van der Waals surface area (Å²) >= 11 is 0. The van der Waals surface area contributed by atoms with Crippen LogP contribution in [-0.4, -0.2) is 29.9 Å². The highest BCUT2D eigenvalue weighted by atomic mass is 16.2. The Bertz CT molecular complexity index is 727. The quantitative estimate of drug-likeness (QED) is 0.778. The number of carbonyl (C=O) groups is 2. The zero-order chi connectivity index (χ0) is 17.5. The van der Waals surface area contributed by atoms with Crippen molar-refractivity contribution in [1.29, 1.82) is 0 Å². The van der Waals surface area contributed by atoms with Gasteiger partial charge in [-0.1, -0.05) is 12.1 Å². The van der Waals surface area contributed by atoms with Gasteiger partial charge in [-0.15, -0.1) is 0 Å². The van der Waals surface area contributed by atoms with Crippen LogP contribution in [0.5, 0.6) is 0 Å². The zero-order valence-corrected chi connectivity index (χ0v) is 14.0. The molecule has 1 aromatic carbocycles. The van der Waals surface area contributed by atoms with Gasteiger partial charge in [0, 0.05) is 36.7 Å². The first-order chi connectivity index (χ1) is 12.2. The minimum absolute atomic E-state index is 0.0447. The second-order valence-electron chi connectivity index (χ2n) is 6.15. The fourth-order valence-electron chi connectivity index (χ4n) is 2.87. The van der Waals surface area contributed by atoms with Crippen LogP contribution in [0, 0.1) is 5.92 Å². The van der Waals surface area contributed by atoms with Crippen molar-refractivity contribution < 1.29 is 9.59 Å². The number of carbonyl (C=O) groups excluding carboxylic acids is 2. The Morgan fingerprint density at radius 1 is 1.20 bits per heavy atom. The van der Waals surface area contributed by atoms with E-state index in [1.54, 1.807) is 24.5 Å². The highest BCUT2D eigenvalue weighted by molar-refractivity contribution is 6.04. The molecule has 2 amide bonds. The zero-order valence-electron chi connectivity index (χ0n) is 14.0. The number of pyridine rings is 1. The van der Waals surface area contributed by atoms with Crippen LogP contribution >= 0.6 is 0 Å². The average molecular weight is 338 g/mol. The van der Waals surface area contributed by atoms with Crippen LogP contribution in [0.1, 0.15) is 28.8 Å². The van der Waals surface area contributed by atoms with E-state index in [9.17, 15) is 9.59 Å². The van der Waals surface area contributed by atoms with Gasteiger partial charge in [0.25, 0.3) is 5.91 Å². The lowest BCUT2D eigenvalue weighted by Crippen LogP contribution is -2.40. The minimum Gasteiger partial charge on any atom is -0.352 e. The summed E-state index contributed by atoms with van der Waals surface area (Å²) in [6, 6.07) is 10.8. The monoisotopic (exact) mass is 338 g/mol. The van der Waals surface area contributed by atoms with Crippen LogP contribution < -0.4 is 16.0 Å². The molecule has 0 spiro atoms. The van der Waals surface area contributed by atoms with Gasteiger partial charge in [-0.3, -0.25) is 14.6 Å². The molecule has 6 nitrogen and oxygen atoms in total. The first-order valence-electron chi connectivity index (χ1n) is 8.51. The Hall–Kier alpha value is -2.73. The second kappa shape index (κ2) is 8.39. The van der Waals surface area contributed by atoms with Crippen LogP contribution in [0.3, 0.4) is 0 Å². The van der Waals surface area contributed by atoms with Crippen LogP contribution in [0.25, 0.3) is 0 Å². The molecule has 0 radical (unpaired) electrons. The third kappa shape index (κ3) is 4.87. The van der Waals surface area contributed by atoms with Crippen molar-refractivity contribution in [3.05, 3.63) is 59.9 Å². The summed E-state index contributed by atoms with van der Waals surface area (Å²) in [5.74, 6) is -0.0568. The van der Waals surface area contributed by atoms with Crippen molar-refractivity contribution in [3.8, 4) is 0 Å². The van der Waals surface area contributed by atoms with Gasteiger partial charge >= 0.3 is 0 Å². The summed E-state index contributed by atoms with van der Waals surface area (Å²) in [6.45, 7) is 2.19. The number of hydrogen-bond donors (Lipinski definition) is 3. The fourth-order valence-corrected chi connectivity index (χ4v) is 2.87. The minimum atomic E-state index is -0.183. The van der Waals surface area contributed by atoms with E-state index in [4.69, 9.17) is 0 Å². The van der Waals surface area contributed by atoms with Gasteiger partial charge in [0.05, 0.1) is 5.92 Å². The SMILES string of the molecule is O=C(Nc1cccc(CNC(=O)C2CCCNC2)c1)c1ccncc1. The molecule has 1 aromatic heterocycles. The number of nitrogens with one attached hydrogen (secondary N) is 3. The number of piperidine rings is 1. The molecular formula is C19H22N4O2. The second-order valence-corrected chi connectivity index (χ2v) is 6.15. The Labute approximate surface area is 147 Å².